The van der Waals surface area contributed by atoms with Gasteiger partial charge in [-0.25, -0.2) is 4.39 Å². The van der Waals surface area contributed by atoms with Crippen LogP contribution in [-0.2, 0) is 11.2 Å². The van der Waals surface area contributed by atoms with E-state index in [1.807, 2.05) is 12.1 Å². The van der Waals surface area contributed by atoms with Crippen molar-refractivity contribution in [2.24, 2.45) is 11.8 Å². The summed E-state index contributed by atoms with van der Waals surface area (Å²) in [4.78, 5) is 0. The Morgan fingerprint density at radius 3 is 2.70 bits per heavy atom. The molecule has 0 aromatic heterocycles. The summed E-state index contributed by atoms with van der Waals surface area (Å²) in [5, 5.41) is 3.55. The Morgan fingerprint density at radius 2 is 2.00 bits per heavy atom. The quantitative estimate of drug-likeness (QED) is 0.748. The van der Waals surface area contributed by atoms with E-state index < -0.39 is 0 Å². The number of hydrogen-bond acceptors (Lipinski definition) is 2. The zero-order valence-electron chi connectivity index (χ0n) is 12.0. The monoisotopic (exact) mass is 277 g/mol. The molecular formula is C17H24FNO. The molecule has 0 bridgehead atoms. The van der Waals surface area contributed by atoms with Crippen LogP contribution in [0, 0.1) is 17.7 Å². The maximum absolute atomic E-state index is 13.8. The van der Waals surface area contributed by atoms with E-state index in [1.165, 1.54) is 25.7 Å². The molecule has 1 atom stereocenters. The van der Waals surface area contributed by atoms with Gasteiger partial charge >= 0.3 is 0 Å². The minimum atomic E-state index is -0.0916. The predicted molar refractivity (Wildman–Crippen MR) is 78.2 cm³/mol. The Morgan fingerprint density at radius 1 is 1.20 bits per heavy atom. The second kappa shape index (κ2) is 6.68. The van der Waals surface area contributed by atoms with Crippen LogP contribution in [0.25, 0.3) is 0 Å². The lowest BCUT2D eigenvalue weighted by atomic mass is 9.99. The van der Waals surface area contributed by atoms with Gasteiger partial charge in [0.25, 0.3) is 0 Å². The number of nitrogens with one attached hydrogen (secondary N) is 1. The number of benzene rings is 1. The maximum Gasteiger partial charge on any atom is 0.126 e. The lowest BCUT2D eigenvalue weighted by Gasteiger charge is -2.18. The lowest BCUT2D eigenvalue weighted by Crippen LogP contribution is -2.29. The number of rotatable bonds is 9. The lowest BCUT2D eigenvalue weighted by molar-refractivity contribution is 0.0903. The fourth-order valence-corrected chi connectivity index (χ4v) is 2.47. The summed E-state index contributed by atoms with van der Waals surface area (Å²) in [6.07, 6.45) is 5.97. The minimum Gasteiger partial charge on any atom is -0.381 e. The number of ether oxygens (including phenoxy) is 1. The molecule has 110 valence electrons. The SMILES string of the molecule is Fc1ccccc1CC(CNC1CC1)COCC1CC1. The van der Waals surface area contributed by atoms with E-state index in [0.717, 1.165) is 37.7 Å². The standard InChI is InChI=1S/C17H24FNO/c18-17-4-2-1-3-15(17)9-14(10-19-16-7-8-16)12-20-11-13-5-6-13/h1-4,13-14,16,19H,5-12H2. The first-order chi connectivity index (χ1) is 9.81. The van der Waals surface area contributed by atoms with Crippen molar-refractivity contribution in [2.45, 2.75) is 38.1 Å². The first-order valence-electron chi connectivity index (χ1n) is 7.86. The molecule has 3 heteroatoms. The van der Waals surface area contributed by atoms with Gasteiger partial charge in [0, 0.05) is 19.2 Å². The molecule has 0 radical (unpaired) electrons. The van der Waals surface area contributed by atoms with Crippen LogP contribution in [0.4, 0.5) is 4.39 Å². The summed E-state index contributed by atoms with van der Waals surface area (Å²) >= 11 is 0. The molecule has 0 amide bonds. The van der Waals surface area contributed by atoms with Crippen LogP contribution >= 0.6 is 0 Å². The summed E-state index contributed by atoms with van der Waals surface area (Å²) in [5.74, 6) is 1.07. The molecule has 2 fully saturated rings. The van der Waals surface area contributed by atoms with Gasteiger partial charge in [0.05, 0.1) is 6.61 Å². The highest BCUT2D eigenvalue weighted by atomic mass is 19.1. The third-order valence-electron chi connectivity index (χ3n) is 4.14. The van der Waals surface area contributed by atoms with E-state index in [0.29, 0.717) is 12.0 Å². The molecule has 0 spiro atoms. The largest absolute Gasteiger partial charge is 0.381 e. The molecule has 0 aliphatic heterocycles. The molecule has 3 rings (SSSR count). The zero-order valence-corrected chi connectivity index (χ0v) is 12.0. The summed E-state index contributed by atoms with van der Waals surface area (Å²) in [7, 11) is 0. The summed E-state index contributed by atoms with van der Waals surface area (Å²) < 4.78 is 19.6. The fraction of sp³-hybridized carbons (Fsp3) is 0.647. The first-order valence-corrected chi connectivity index (χ1v) is 7.86. The Balaban J connectivity index is 1.50. The van der Waals surface area contributed by atoms with E-state index in [1.54, 1.807) is 12.1 Å². The molecular weight excluding hydrogens is 253 g/mol. The van der Waals surface area contributed by atoms with Gasteiger partial charge in [0.1, 0.15) is 5.82 Å². The van der Waals surface area contributed by atoms with E-state index >= 15 is 0 Å². The highest BCUT2D eigenvalue weighted by Gasteiger charge is 2.24. The van der Waals surface area contributed by atoms with Gasteiger partial charge in [-0.2, -0.15) is 0 Å². The van der Waals surface area contributed by atoms with Crippen LogP contribution in [-0.4, -0.2) is 25.8 Å². The Bertz CT molecular complexity index is 429. The topological polar surface area (TPSA) is 21.3 Å². The molecule has 2 saturated carbocycles. The van der Waals surface area contributed by atoms with Gasteiger partial charge in [-0.15, -0.1) is 0 Å². The van der Waals surface area contributed by atoms with Crippen molar-refractivity contribution < 1.29 is 9.13 Å². The van der Waals surface area contributed by atoms with Gasteiger partial charge in [-0.05, 0) is 55.6 Å². The molecule has 1 unspecified atom stereocenters. The van der Waals surface area contributed by atoms with Gasteiger partial charge in [0.15, 0.2) is 0 Å². The first kappa shape index (κ1) is 14.0. The summed E-state index contributed by atoms with van der Waals surface area (Å²) in [6, 6.07) is 7.79. The van der Waals surface area contributed by atoms with Crippen LogP contribution in [0.1, 0.15) is 31.2 Å². The minimum absolute atomic E-state index is 0.0916. The molecule has 2 aliphatic carbocycles. The van der Waals surface area contributed by atoms with Crippen molar-refractivity contribution in [3.63, 3.8) is 0 Å². The highest BCUT2D eigenvalue weighted by molar-refractivity contribution is 5.18. The molecule has 1 aromatic carbocycles. The van der Waals surface area contributed by atoms with Crippen LogP contribution in [0.5, 0.6) is 0 Å². The molecule has 1 N–H and O–H groups in total. The predicted octanol–water partition coefficient (Wildman–Crippen LogP) is 3.16. The van der Waals surface area contributed by atoms with E-state index in [-0.39, 0.29) is 5.82 Å². The second-order valence-electron chi connectivity index (χ2n) is 6.32. The van der Waals surface area contributed by atoms with E-state index in [2.05, 4.69) is 5.32 Å². The Hall–Kier alpha value is -0.930. The summed E-state index contributed by atoms with van der Waals surface area (Å²) in [6.45, 7) is 2.56. The third-order valence-corrected chi connectivity index (χ3v) is 4.14. The van der Waals surface area contributed by atoms with Gasteiger partial charge < -0.3 is 10.1 Å². The van der Waals surface area contributed by atoms with Crippen molar-refractivity contribution in [3.05, 3.63) is 35.6 Å². The normalized spacial score (nSPS) is 20.1. The smallest absolute Gasteiger partial charge is 0.126 e. The van der Waals surface area contributed by atoms with Crippen molar-refractivity contribution in [3.8, 4) is 0 Å². The Kier molecular flexibility index (Phi) is 4.69. The fourth-order valence-electron chi connectivity index (χ4n) is 2.47. The van der Waals surface area contributed by atoms with Crippen LogP contribution in [0.15, 0.2) is 24.3 Å². The van der Waals surface area contributed by atoms with Crippen LogP contribution < -0.4 is 5.32 Å². The average Bonchev–Trinajstić information content (AvgIpc) is 3.33. The van der Waals surface area contributed by atoms with Gasteiger partial charge in [-0.1, -0.05) is 18.2 Å². The van der Waals surface area contributed by atoms with Crippen molar-refractivity contribution in [1.29, 1.82) is 0 Å². The third kappa shape index (κ3) is 4.57. The van der Waals surface area contributed by atoms with Crippen molar-refractivity contribution in [1.82, 2.24) is 5.32 Å². The number of halogens is 1. The van der Waals surface area contributed by atoms with E-state index in [4.69, 9.17) is 4.74 Å². The average molecular weight is 277 g/mol. The second-order valence-corrected chi connectivity index (χ2v) is 6.32. The molecule has 1 aromatic rings. The van der Waals surface area contributed by atoms with E-state index in [9.17, 15) is 4.39 Å². The molecule has 2 nitrogen and oxygen atoms in total. The van der Waals surface area contributed by atoms with Crippen LogP contribution in [0.3, 0.4) is 0 Å². The maximum atomic E-state index is 13.8. The molecule has 0 saturated heterocycles. The zero-order chi connectivity index (χ0) is 13.8. The van der Waals surface area contributed by atoms with Crippen LogP contribution in [0.2, 0.25) is 0 Å². The van der Waals surface area contributed by atoms with Crippen molar-refractivity contribution >= 4 is 0 Å². The molecule has 20 heavy (non-hydrogen) atoms. The molecule has 0 heterocycles. The van der Waals surface area contributed by atoms with Gasteiger partial charge in [-0.3, -0.25) is 0 Å². The van der Waals surface area contributed by atoms with Crippen molar-refractivity contribution in [2.75, 3.05) is 19.8 Å². The number of hydrogen-bond donors (Lipinski definition) is 1. The molecule has 2 aliphatic rings. The van der Waals surface area contributed by atoms with Gasteiger partial charge in [0.2, 0.25) is 0 Å². The summed E-state index contributed by atoms with van der Waals surface area (Å²) in [5.41, 5.74) is 0.810. The highest BCUT2D eigenvalue weighted by Crippen LogP contribution is 2.29. The Labute approximate surface area is 120 Å².